The maximum atomic E-state index is 12.2. The number of carbonyl (C=O) groups is 2. The Bertz CT molecular complexity index is 826. The first-order chi connectivity index (χ1) is 12.2. The molecule has 0 bridgehead atoms. The monoisotopic (exact) mass is 416 g/mol. The highest BCUT2D eigenvalue weighted by molar-refractivity contribution is 9.10. The van der Waals surface area contributed by atoms with E-state index in [9.17, 15) is 9.59 Å². The third-order valence-corrected chi connectivity index (χ3v) is 3.59. The summed E-state index contributed by atoms with van der Waals surface area (Å²) in [5.41, 5.74) is 1.25. The predicted octanol–water partition coefficient (Wildman–Crippen LogP) is 5.45. The Morgan fingerprint density at radius 1 is 1.00 bits per heavy atom. The molecule has 0 aliphatic carbocycles. The summed E-state index contributed by atoms with van der Waals surface area (Å²) in [6.45, 7) is 5.35. The lowest BCUT2D eigenvalue weighted by molar-refractivity contribution is -0.111. The van der Waals surface area contributed by atoms with Gasteiger partial charge in [0.25, 0.3) is 0 Å². The summed E-state index contributed by atoms with van der Waals surface area (Å²) < 4.78 is 6.17. The number of rotatable bonds is 4. The fourth-order valence-electron chi connectivity index (χ4n) is 2.07. The number of ether oxygens (including phenoxy) is 1. The summed E-state index contributed by atoms with van der Waals surface area (Å²) in [7, 11) is 0. The van der Waals surface area contributed by atoms with Gasteiger partial charge in [-0.25, -0.2) is 4.79 Å². The molecule has 0 spiro atoms. The molecule has 0 unspecified atom stereocenters. The molecule has 136 valence electrons. The predicted molar refractivity (Wildman–Crippen MR) is 108 cm³/mol. The molecule has 0 aliphatic heterocycles. The molecule has 2 aromatic rings. The third-order valence-electron chi connectivity index (χ3n) is 3.10. The van der Waals surface area contributed by atoms with Gasteiger partial charge in [0, 0.05) is 10.5 Å². The first kappa shape index (κ1) is 19.7. The van der Waals surface area contributed by atoms with E-state index in [1.165, 1.54) is 6.08 Å². The van der Waals surface area contributed by atoms with Crippen molar-refractivity contribution in [2.75, 3.05) is 10.6 Å². The largest absolute Gasteiger partial charge is 0.444 e. The van der Waals surface area contributed by atoms with Crippen LogP contribution in [0.3, 0.4) is 0 Å². The van der Waals surface area contributed by atoms with Crippen LogP contribution < -0.4 is 10.6 Å². The van der Waals surface area contributed by atoms with Crippen molar-refractivity contribution in [1.29, 1.82) is 0 Å². The maximum Gasteiger partial charge on any atom is 0.412 e. The van der Waals surface area contributed by atoms with E-state index < -0.39 is 11.7 Å². The molecule has 2 rings (SSSR count). The molecule has 0 aromatic heterocycles. The van der Waals surface area contributed by atoms with Crippen LogP contribution in [0.2, 0.25) is 0 Å². The summed E-state index contributed by atoms with van der Waals surface area (Å²) in [6.07, 6.45) is 2.57. The molecule has 0 saturated carbocycles. The van der Waals surface area contributed by atoms with Gasteiger partial charge >= 0.3 is 6.09 Å². The van der Waals surface area contributed by atoms with E-state index in [0.29, 0.717) is 11.4 Å². The van der Waals surface area contributed by atoms with Crippen LogP contribution in [0, 0.1) is 0 Å². The molecule has 0 atom stereocenters. The van der Waals surface area contributed by atoms with Crippen molar-refractivity contribution in [3.63, 3.8) is 0 Å². The lowest BCUT2D eigenvalue weighted by Crippen LogP contribution is -2.27. The van der Waals surface area contributed by atoms with Gasteiger partial charge in [-0.05, 0) is 56.7 Å². The van der Waals surface area contributed by atoms with Crippen molar-refractivity contribution in [3.05, 3.63) is 64.6 Å². The Morgan fingerprint density at radius 3 is 2.27 bits per heavy atom. The van der Waals surface area contributed by atoms with Crippen LogP contribution in [-0.4, -0.2) is 17.6 Å². The second-order valence-corrected chi connectivity index (χ2v) is 7.47. The Balaban J connectivity index is 2.05. The number of anilines is 2. The van der Waals surface area contributed by atoms with Gasteiger partial charge in [-0.3, -0.25) is 10.1 Å². The van der Waals surface area contributed by atoms with Crippen molar-refractivity contribution in [2.24, 2.45) is 0 Å². The van der Waals surface area contributed by atoms with E-state index in [-0.39, 0.29) is 5.91 Å². The van der Waals surface area contributed by atoms with Crippen LogP contribution in [0.1, 0.15) is 26.3 Å². The van der Waals surface area contributed by atoms with Gasteiger partial charge in [0.05, 0.1) is 11.4 Å². The Morgan fingerprint density at radius 2 is 1.65 bits per heavy atom. The fourth-order valence-corrected chi connectivity index (χ4v) is 2.49. The fraction of sp³-hybridized carbons (Fsp3) is 0.200. The molecule has 26 heavy (non-hydrogen) atoms. The molecular weight excluding hydrogens is 396 g/mol. The zero-order valence-corrected chi connectivity index (χ0v) is 16.5. The van der Waals surface area contributed by atoms with Crippen LogP contribution in [0.25, 0.3) is 6.08 Å². The van der Waals surface area contributed by atoms with E-state index >= 15 is 0 Å². The van der Waals surface area contributed by atoms with Crippen molar-refractivity contribution in [1.82, 2.24) is 0 Å². The zero-order valence-electron chi connectivity index (χ0n) is 14.9. The second-order valence-electron chi connectivity index (χ2n) is 6.55. The van der Waals surface area contributed by atoms with Crippen LogP contribution in [0.4, 0.5) is 16.2 Å². The Labute approximate surface area is 161 Å². The topological polar surface area (TPSA) is 67.4 Å². The van der Waals surface area contributed by atoms with E-state index in [0.717, 1.165) is 10.0 Å². The molecule has 0 fully saturated rings. The van der Waals surface area contributed by atoms with Gasteiger partial charge in [0.15, 0.2) is 0 Å². The molecule has 0 heterocycles. The minimum atomic E-state index is -0.602. The average molecular weight is 417 g/mol. The first-order valence-electron chi connectivity index (χ1n) is 8.06. The number of amides is 2. The second kappa shape index (κ2) is 8.67. The number of hydrogen-bond acceptors (Lipinski definition) is 3. The first-order valence-corrected chi connectivity index (χ1v) is 8.86. The number of carbonyl (C=O) groups excluding carboxylic acids is 2. The van der Waals surface area contributed by atoms with Crippen molar-refractivity contribution in [2.45, 2.75) is 26.4 Å². The van der Waals surface area contributed by atoms with Crippen LogP contribution >= 0.6 is 15.9 Å². The smallest absolute Gasteiger partial charge is 0.412 e. The summed E-state index contributed by atoms with van der Waals surface area (Å²) >= 11 is 3.39. The molecule has 6 heteroatoms. The van der Waals surface area contributed by atoms with E-state index in [1.54, 1.807) is 51.1 Å². The third kappa shape index (κ3) is 6.72. The number of hydrogen-bond donors (Lipinski definition) is 2. The van der Waals surface area contributed by atoms with Gasteiger partial charge in [-0.2, -0.15) is 0 Å². The highest BCUT2D eigenvalue weighted by Crippen LogP contribution is 2.22. The molecular formula is C20H21BrN2O3. The molecule has 5 nitrogen and oxygen atoms in total. The number of para-hydroxylation sites is 2. The summed E-state index contributed by atoms with van der Waals surface area (Å²) in [5, 5.41) is 5.40. The zero-order chi connectivity index (χ0) is 19.2. The van der Waals surface area contributed by atoms with E-state index in [4.69, 9.17) is 4.74 Å². The molecule has 2 aromatic carbocycles. The average Bonchev–Trinajstić information content (AvgIpc) is 2.53. The van der Waals surface area contributed by atoms with Crippen molar-refractivity contribution < 1.29 is 14.3 Å². The lowest BCUT2D eigenvalue weighted by Gasteiger charge is -2.20. The lowest BCUT2D eigenvalue weighted by atomic mass is 10.2. The van der Waals surface area contributed by atoms with Gasteiger partial charge < -0.3 is 10.1 Å². The SMILES string of the molecule is CC(C)(C)OC(=O)Nc1ccccc1NC(=O)C=Cc1cccc(Br)c1. The van der Waals surface area contributed by atoms with E-state index in [1.807, 2.05) is 24.3 Å². The minimum Gasteiger partial charge on any atom is -0.444 e. The number of nitrogens with one attached hydrogen (secondary N) is 2. The normalized spacial score (nSPS) is 11.2. The summed E-state index contributed by atoms with van der Waals surface area (Å²) in [6, 6.07) is 14.5. The van der Waals surface area contributed by atoms with Crippen LogP contribution in [0.15, 0.2) is 59.1 Å². The molecule has 0 aliphatic rings. The minimum absolute atomic E-state index is 0.302. The molecule has 0 radical (unpaired) electrons. The Hall–Kier alpha value is -2.60. The van der Waals surface area contributed by atoms with Gasteiger partial charge in [0.2, 0.25) is 5.91 Å². The van der Waals surface area contributed by atoms with Gasteiger partial charge in [-0.1, -0.05) is 40.2 Å². The Kier molecular flexibility index (Phi) is 6.58. The van der Waals surface area contributed by atoms with Crippen LogP contribution in [-0.2, 0) is 9.53 Å². The van der Waals surface area contributed by atoms with Crippen LogP contribution in [0.5, 0.6) is 0 Å². The molecule has 2 N–H and O–H groups in total. The van der Waals surface area contributed by atoms with Gasteiger partial charge in [0.1, 0.15) is 5.60 Å². The number of benzene rings is 2. The maximum absolute atomic E-state index is 12.2. The van der Waals surface area contributed by atoms with Crippen molar-refractivity contribution in [3.8, 4) is 0 Å². The summed E-state index contributed by atoms with van der Waals surface area (Å²) in [5.74, 6) is -0.302. The molecule has 0 saturated heterocycles. The summed E-state index contributed by atoms with van der Waals surface area (Å²) in [4.78, 5) is 24.1. The highest BCUT2D eigenvalue weighted by atomic mass is 79.9. The molecule has 2 amide bonds. The van der Waals surface area contributed by atoms with Crippen molar-refractivity contribution >= 4 is 45.4 Å². The number of halogens is 1. The quantitative estimate of drug-likeness (QED) is 0.651. The van der Waals surface area contributed by atoms with E-state index in [2.05, 4.69) is 26.6 Å². The highest BCUT2D eigenvalue weighted by Gasteiger charge is 2.17. The van der Waals surface area contributed by atoms with Gasteiger partial charge in [-0.15, -0.1) is 0 Å². The standard InChI is InChI=1S/C20H21BrN2O3/c1-20(2,3)26-19(25)23-17-10-5-4-9-16(17)22-18(24)12-11-14-7-6-8-15(21)13-14/h4-13H,1-3H3,(H,22,24)(H,23,25).